The molecule has 5 nitrogen and oxygen atoms in total. The van der Waals surface area contributed by atoms with E-state index in [4.69, 9.17) is 14.2 Å². The van der Waals surface area contributed by atoms with E-state index in [1.807, 2.05) is 24.3 Å². The topological polar surface area (TPSA) is 56.8 Å². The summed E-state index contributed by atoms with van der Waals surface area (Å²) in [6.07, 6.45) is -0.679. The molecule has 1 amide bonds. The van der Waals surface area contributed by atoms with Gasteiger partial charge in [-0.15, -0.1) is 0 Å². The van der Waals surface area contributed by atoms with E-state index in [9.17, 15) is 4.79 Å². The van der Waals surface area contributed by atoms with Crippen LogP contribution in [0, 0.1) is 0 Å². The molecule has 22 heavy (non-hydrogen) atoms. The van der Waals surface area contributed by atoms with Crippen molar-refractivity contribution < 1.29 is 19.0 Å². The number of carbonyl (C=O) groups excluding carboxylic acids is 1. The van der Waals surface area contributed by atoms with Crippen LogP contribution in [-0.2, 0) is 4.79 Å². The highest BCUT2D eigenvalue weighted by atomic mass is 16.5. The summed E-state index contributed by atoms with van der Waals surface area (Å²) in [6, 6.07) is 14.4. The lowest BCUT2D eigenvalue weighted by molar-refractivity contribution is -0.122. The maximum Gasteiger partial charge on any atom is 0.265 e. The molecule has 2 aromatic carbocycles. The number of benzene rings is 2. The Morgan fingerprint density at radius 3 is 2.09 bits per heavy atom. The van der Waals surface area contributed by atoms with Gasteiger partial charge in [0.2, 0.25) is 0 Å². The molecule has 1 atom stereocenters. The molecule has 116 valence electrons. The van der Waals surface area contributed by atoms with Crippen molar-refractivity contribution in [2.75, 3.05) is 19.5 Å². The van der Waals surface area contributed by atoms with Crippen LogP contribution in [0.2, 0.25) is 0 Å². The van der Waals surface area contributed by atoms with Gasteiger partial charge < -0.3 is 19.5 Å². The maximum absolute atomic E-state index is 12.3. The highest BCUT2D eigenvalue weighted by Gasteiger charge is 2.18. The van der Waals surface area contributed by atoms with E-state index >= 15 is 0 Å². The van der Waals surface area contributed by atoms with Crippen molar-refractivity contribution in [1.82, 2.24) is 0 Å². The van der Waals surface area contributed by atoms with E-state index in [0.717, 1.165) is 0 Å². The molecule has 2 rings (SSSR count). The van der Waals surface area contributed by atoms with Gasteiger partial charge in [0.1, 0.15) is 5.75 Å². The van der Waals surface area contributed by atoms with Crippen molar-refractivity contribution >= 4 is 11.6 Å². The fourth-order valence-corrected chi connectivity index (χ4v) is 1.94. The Balaban J connectivity index is 2.06. The first-order valence-corrected chi connectivity index (χ1v) is 6.89. The lowest BCUT2D eigenvalue weighted by Crippen LogP contribution is -2.30. The Morgan fingerprint density at radius 1 is 0.909 bits per heavy atom. The second kappa shape index (κ2) is 7.36. The Labute approximate surface area is 129 Å². The van der Waals surface area contributed by atoms with Crippen molar-refractivity contribution in [2.24, 2.45) is 0 Å². The number of anilines is 1. The van der Waals surface area contributed by atoms with Crippen molar-refractivity contribution in [1.29, 1.82) is 0 Å². The summed E-state index contributed by atoms with van der Waals surface area (Å²) in [6.45, 7) is 1.68. The van der Waals surface area contributed by atoms with Crippen molar-refractivity contribution in [3.63, 3.8) is 0 Å². The molecule has 0 fully saturated rings. The SMILES string of the molecule is COc1ccccc1NC(=O)[C@@H](C)Oc1ccccc1OC. The maximum atomic E-state index is 12.3. The zero-order chi connectivity index (χ0) is 15.9. The van der Waals surface area contributed by atoms with E-state index < -0.39 is 6.10 Å². The third kappa shape index (κ3) is 3.69. The third-order valence-electron chi connectivity index (χ3n) is 3.11. The van der Waals surface area contributed by atoms with Gasteiger partial charge >= 0.3 is 0 Å². The van der Waals surface area contributed by atoms with Gasteiger partial charge in [-0.1, -0.05) is 24.3 Å². The number of rotatable bonds is 6. The highest BCUT2D eigenvalue weighted by molar-refractivity contribution is 5.95. The largest absolute Gasteiger partial charge is 0.495 e. The van der Waals surface area contributed by atoms with Crippen LogP contribution in [0.1, 0.15) is 6.92 Å². The molecular formula is C17H19NO4. The molecule has 0 aliphatic carbocycles. The molecule has 5 heteroatoms. The van der Waals surface area contributed by atoms with Gasteiger partial charge in [-0.05, 0) is 31.2 Å². The summed E-state index contributed by atoms with van der Waals surface area (Å²) >= 11 is 0. The fourth-order valence-electron chi connectivity index (χ4n) is 1.94. The van der Waals surface area contributed by atoms with Crippen LogP contribution in [0.15, 0.2) is 48.5 Å². The Hall–Kier alpha value is -2.69. The molecule has 0 aliphatic heterocycles. The van der Waals surface area contributed by atoms with Gasteiger partial charge in [0.15, 0.2) is 17.6 Å². The summed E-state index contributed by atoms with van der Waals surface area (Å²) in [5.41, 5.74) is 0.602. The third-order valence-corrected chi connectivity index (χ3v) is 3.11. The zero-order valence-electron chi connectivity index (χ0n) is 12.8. The van der Waals surface area contributed by atoms with Gasteiger partial charge in [0.05, 0.1) is 19.9 Å². The zero-order valence-corrected chi connectivity index (χ0v) is 12.8. The predicted molar refractivity (Wildman–Crippen MR) is 84.7 cm³/mol. The van der Waals surface area contributed by atoms with Crippen LogP contribution in [0.5, 0.6) is 17.2 Å². The normalized spacial score (nSPS) is 11.4. The molecule has 0 spiro atoms. The summed E-state index contributed by atoms with van der Waals surface area (Å²) in [5.74, 6) is 1.43. The standard InChI is InChI=1S/C17H19NO4/c1-12(22-16-11-7-6-10-15(16)21-3)17(19)18-13-8-4-5-9-14(13)20-2/h4-12H,1-3H3,(H,18,19)/t12-/m1/s1. The minimum atomic E-state index is -0.679. The van der Waals surface area contributed by atoms with Crippen LogP contribution in [0.3, 0.4) is 0 Å². The second-order valence-corrected chi connectivity index (χ2v) is 4.60. The van der Waals surface area contributed by atoms with Crippen LogP contribution in [0.4, 0.5) is 5.69 Å². The Kier molecular flexibility index (Phi) is 5.25. The first-order valence-electron chi connectivity index (χ1n) is 6.89. The first kappa shape index (κ1) is 15.7. The quantitative estimate of drug-likeness (QED) is 0.890. The average Bonchev–Trinajstić information content (AvgIpc) is 2.55. The number of methoxy groups -OCH3 is 2. The molecule has 0 saturated carbocycles. The van der Waals surface area contributed by atoms with Gasteiger partial charge in [-0.3, -0.25) is 4.79 Å². The monoisotopic (exact) mass is 301 g/mol. The van der Waals surface area contributed by atoms with Gasteiger partial charge in [-0.2, -0.15) is 0 Å². The van der Waals surface area contributed by atoms with E-state index in [1.54, 1.807) is 45.4 Å². The van der Waals surface area contributed by atoms with Gasteiger partial charge in [0.25, 0.3) is 5.91 Å². The van der Waals surface area contributed by atoms with E-state index in [0.29, 0.717) is 22.9 Å². The number of hydrogen-bond donors (Lipinski definition) is 1. The van der Waals surface area contributed by atoms with Crippen LogP contribution < -0.4 is 19.5 Å². The highest BCUT2D eigenvalue weighted by Crippen LogP contribution is 2.27. The number of para-hydroxylation sites is 4. The lowest BCUT2D eigenvalue weighted by Gasteiger charge is -2.17. The van der Waals surface area contributed by atoms with Crippen LogP contribution >= 0.6 is 0 Å². The minimum absolute atomic E-state index is 0.268. The molecule has 0 saturated heterocycles. The first-order chi connectivity index (χ1) is 10.7. The van der Waals surface area contributed by atoms with Crippen LogP contribution in [-0.4, -0.2) is 26.2 Å². The molecule has 2 aromatic rings. The van der Waals surface area contributed by atoms with Gasteiger partial charge in [0, 0.05) is 0 Å². The molecule has 0 bridgehead atoms. The predicted octanol–water partition coefficient (Wildman–Crippen LogP) is 3.11. The summed E-state index contributed by atoms with van der Waals surface area (Å²) in [5, 5.41) is 2.79. The summed E-state index contributed by atoms with van der Waals surface area (Å²) in [7, 11) is 3.11. The van der Waals surface area contributed by atoms with Gasteiger partial charge in [-0.25, -0.2) is 0 Å². The number of nitrogens with one attached hydrogen (secondary N) is 1. The van der Waals surface area contributed by atoms with E-state index in [1.165, 1.54) is 0 Å². The van der Waals surface area contributed by atoms with E-state index in [2.05, 4.69) is 5.32 Å². The summed E-state index contributed by atoms with van der Waals surface area (Å²) < 4.78 is 16.1. The van der Waals surface area contributed by atoms with E-state index in [-0.39, 0.29) is 5.91 Å². The number of hydrogen-bond acceptors (Lipinski definition) is 4. The molecule has 0 heterocycles. The molecule has 0 radical (unpaired) electrons. The number of amides is 1. The molecule has 1 N–H and O–H groups in total. The fraction of sp³-hybridized carbons (Fsp3) is 0.235. The Bertz CT molecular complexity index is 642. The number of ether oxygens (including phenoxy) is 3. The number of carbonyl (C=O) groups is 1. The average molecular weight is 301 g/mol. The molecule has 0 aromatic heterocycles. The minimum Gasteiger partial charge on any atom is -0.495 e. The molecule has 0 unspecified atom stereocenters. The van der Waals surface area contributed by atoms with Crippen molar-refractivity contribution in [2.45, 2.75) is 13.0 Å². The molecule has 0 aliphatic rings. The van der Waals surface area contributed by atoms with Crippen LogP contribution in [0.25, 0.3) is 0 Å². The smallest absolute Gasteiger partial charge is 0.265 e. The molecular weight excluding hydrogens is 282 g/mol. The van der Waals surface area contributed by atoms with Crippen molar-refractivity contribution in [3.8, 4) is 17.2 Å². The van der Waals surface area contributed by atoms with Crippen molar-refractivity contribution in [3.05, 3.63) is 48.5 Å². The Morgan fingerprint density at radius 2 is 1.45 bits per heavy atom. The second-order valence-electron chi connectivity index (χ2n) is 4.60. The summed E-state index contributed by atoms with van der Waals surface area (Å²) in [4.78, 5) is 12.3. The lowest BCUT2D eigenvalue weighted by atomic mass is 10.2.